The van der Waals surface area contributed by atoms with Crippen molar-refractivity contribution in [1.82, 2.24) is 0 Å². The lowest BCUT2D eigenvalue weighted by Gasteiger charge is -2.02. The van der Waals surface area contributed by atoms with Gasteiger partial charge in [-0.05, 0) is 24.3 Å². The third-order valence-electron chi connectivity index (χ3n) is 1.97. The molecule has 1 amide bonds. The van der Waals surface area contributed by atoms with Crippen LogP contribution in [-0.4, -0.2) is 16.1 Å². The molecule has 0 saturated carbocycles. The van der Waals surface area contributed by atoms with Crippen LogP contribution < -0.4 is 5.32 Å². The summed E-state index contributed by atoms with van der Waals surface area (Å²) in [6.07, 6.45) is 0. The van der Waals surface area contributed by atoms with Gasteiger partial charge in [0.1, 0.15) is 11.5 Å². The second-order valence-electron chi connectivity index (χ2n) is 3.53. The first-order valence-electron chi connectivity index (χ1n) is 5.39. The van der Waals surface area contributed by atoms with E-state index < -0.39 is 0 Å². The summed E-state index contributed by atoms with van der Waals surface area (Å²) in [5.74, 6) is 0.219. The van der Waals surface area contributed by atoms with E-state index in [1.54, 1.807) is 42.5 Å². The number of hydrogen-bond acceptors (Lipinski definition) is 3. The number of amides is 1. The average Bonchev–Trinajstić information content (AvgIpc) is 2.33. The lowest BCUT2D eigenvalue weighted by atomic mass is 10.3. The minimum atomic E-state index is -0.188. The third-order valence-corrected chi connectivity index (χ3v) is 1.97. The minimum absolute atomic E-state index is 0.0858. The van der Waals surface area contributed by atoms with Crippen molar-refractivity contribution in [1.29, 1.82) is 0 Å². The molecule has 0 aliphatic carbocycles. The lowest BCUT2D eigenvalue weighted by molar-refractivity contribution is -0.114. The zero-order valence-electron chi connectivity index (χ0n) is 10.00. The molecule has 0 atom stereocenters. The summed E-state index contributed by atoms with van der Waals surface area (Å²) in [4.78, 5) is 10.5. The molecule has 2 rings (SSSR count). The Hall–Kier alpha value is -2.49. The predicted molar refractivity (Wildman–Crippen MR) is 70.5 cm³/mol. The number of benzene rings is 2. The fourth-order valence-corrected chi connectivity index (χ4v) is 1.20. The first-order chi connectivity index (χ1) is 8.59. The normalized spacial score (nSPS) is 8.94. The fourth-order valence-electron chi connectivity index (χ4n) is 1.20. The molecule has 0 aromatic heterocycles. The first-order valence-corrected chi connectivity index (χ1v) is 5.39. The van der Waals surface area contributed by atoms with Crippen molar-refractivity contribution in [2.24, 2.45) is 0 Å². The predicted octanol–water partition coefficient (Wildman–Crippen LogP) is 2.74. The van der Waals surface area contributed by atoms with E-state index in [0.717, 1.165) is 0 Å². The Morgan fingerprint density at radius 3 is 1.94 bits per heavy atom. The van der Waals surface area contributed by atoms with Crippen molar-refractivity contribution >= 4 is 11.6 Å². The quantitative estimate of drug-likeness (QED) is 0.676. The van der Waals surface area contributed by atoms with E-state index in [0.29, 0.717) is 11.4 Å². The maximum absolute atomic E-state index is 10.5. The number of phenols is 2. The van der Waals surface area contributed by atoms with Crippen molar-refractivity contribution in [2.75, 3.05) is 5.32 Å². The van der Waals surface area contributed by atoms with Crippen LogP contribution in [0.4, 0.5) is 5.69 Å². The molecule has 0 bridgehead atoms. The van der Waals surface area contributed by atoms with Crippen LogP contribution >= 0.6 is 0 Å². The van der Waals surface area contributed by atoms with E-state index in [9.17, 15) is 4.79 Å². The van der Waals surface area contributed by atoms with E-state index in [2.05, 4.69) is 5.32 Å². The zero-order valence-corrected chi connectivity index (χ0v) is 10.00. The van der Waals surface area contributed by atoms with Crippen LogP contribution in [0.2, 0.25) is 0 Å². The number of aromatic hydroxyl groups is 2. The molecule has 0 aliphatic heterocycles. The van der Waals surface area contributed by atoms with Gasteiger partial charge in [-0.15, -0.1) is 0 Å². The van der Waals surface area contributed by atoms with Gasteiger partial charge < -0.3 is 15.5 Å². The molecule has 0 spiro atoms. The van der Waals surface area contributed by atoms with Gasteiger partial charge in [-0.3, -0.25) is 4.79 Å². The smallest absolute Gasteiger partial charge is 0.221 e. The first kappa shape index (κ1) is 13.6. The van der Waals surface area contributed by atoms with Gasteiger partial charge in [0.25, 0.3) is 0 Å². The summed E-state index contributed by atoms with van der Waals surface area (Å²) in [6.45, 7) is 1.40. The number of hydrogen-bond donors (Lipinski definition) is 3. The molecule has 0 radical (unpaired) electrons. The van der Waals surface area contributed by atoms with Crippen LogP contribution in [0.3, 0.4) is 0 Å². The summed E-state index contributed by atoms with van der Waals surface area (Å²) in [6, 6.07) is 15.3. The Balaban J connectivity index is 0.000000199. The number of para-hydroxylation sites is 3. The Labute approximate surface area is 106 Å². The number of nitrogens with one attached hydrogen (secondary N) is 1. The van der Waals surface area contributed by atoms with Crippen LogP contribution in [0.25, 0.3) is 0 Å². The van der Waals surface area contributed by atoms with Crippen molar-refractivity contribution in [3.8, 4) is 11.5 Å². The van der Waals surface area contributed by atoms with Gasteiger partial charge >= 0.3 is 0 Å². The molecule has 94 valence electrons. The summed E-state index contributed by atoms with van der Waals surface area (Å²) in [7, 11) is 0. The molecule has 2 aromatic carbocycles. The standard InChI is InChI=1S/C8H9NO2.C6H6O/c1-6(10)9-7-4-2-3-5-8(7)11;7-6-4-2-1-3-5-6/h2-5,11H,1H3,(H,9,10);1-5,7H. The van der Waals surface area contributed by atoms with E-state index >= 15 is 0 Å². The van der Waals surface area contributed by atoms with Crippen LogP contribution in [0, 0.1) is 0 Å². The van der Waals surface area contributed by atoms with E-state index in [1.165, 1.54) is 13.0 Å². The van der Waals surface area contributed by atoms with Crippen LogP contribution in [-0.2, 0) is 4.79 Å². The van der Waals surface area contributed by atoms with Crippen molar-refractivity contribution in [3.63, 3.8) is 0 Å². The highest BCUT2D eigenvalue weighted by Crippen LogP contribution is 2.20. The van der Waals surface area contributed by atoms with Gasteiger partial charge in [-0.25, -0.2) is 0 Å². The maximum atomic E-state index is 10.5. The highest BCUT2D eigenvalue weighted by molar-refractivity contribution is 5.90. The van der Waals surface area contributed by atoms with Crippen LogP contribution in [0.15, 0.2) is 54.6 Å². The van der Waals surface area contributed by atoms with Crippen LogP contribution in [0.1, 0.15) is 6.92 Å². The molecule has 18 heavy (non-hydrogen) atoms. The van der Waals surface area contributed by atoms with E-state index in [1.807, 2.05) is 6.07 Å². The molecular formula is C14H15NO3. The van der Waals surface area contributed by atoms with Gasteiger partial charge in [0.05, 0.1) is 5.69 Å². The zero-order chi connectivity index (χ0) is 13.4. The second-order valence-corrected chi connectivity index (χ2v) is 3.53. The molecule has 0 unspecified atom stereocenters. The molecule has 4 nitrogen and oxygen atoms in total. The number of anilines is 1. The second kappa shape index (κ2) is 6.96. The van der Waals surface area contributed by atoms with Gasteiger partial charge in [0.15, 0.2) is 0 Å². The Morgan fingerprint density at radius 2 is 1.50 bits per heavy atom. The Bertz CT molecular complexity index is 497. The van der Waals surface area contributed by atoms with Crippen molar-refractivity contribution < 1.29 is 15.0 Å². The summed E-state index contributed by atoms with van der Waals surface area (Å²) in [5.41, 5.74) is 0.444. The summed E-state index contributed by atoms with van der Waals surface area (Å²) < 4.78 is 0. The number of rotatable bonds is 1. The minimum Gasteiger partial charge on any atom is -0.508 e. The topological polar surface area (TPSA) is 69.6 Å². The Morgan fingerprint density at radius 1 is 0.944 bits per heavy atom. The summed E-state index contributed by atoms with van der Waals surface area (Å²) >= 11 is 0. The SMILES string of the molecule is CC(=O)Nc1ccccc1O.Oc1ccccc1. The monoisotopic (exact) mass is 245 g/mol. The molecule has 4 heteroatoms. The molecule has 0 fully saturated rings. The molecule has 3 N–H and O–H groups in total. The van der Waals surface area contributed by atoms with E-state index in [-0.39, 0.29) is 11.7 Å². The number of carbonyl (C=O) groups excluding carboxylic acids is 1. The molecule has 0 aliphatic rings. The Kier molecular flexibility index (Phi) is 5.25. The largest absolute Gasteiger partial charge is 0.508 e. The molecule has 2 aromatic rings. The van der Waals surface area contributed by atoms with Gasteiger partial charge in [0, 0.05) is 6.92 Å². The highest BCUT2D eigenvalue weighted by atomic mass is 16.3. The maximum Gasteiger partial charge on any atom is 0.221 e. The van der Waals surface area contributed by atoms with Crippen LogP contribution in [0.5, 0.6) is 11.5 Å². The number of phenolic OH excluding ortho intramolecular Hbond substituents is 2. The van der Waals surface area contributed by atoms with Gasteiger partial charge in [-0.2, -0.15) is 0 Å². The van der Waals surface area contributed by atoms with Crippen molar-refractivity contribution in [3.05, 3.63) is 54.6 Å². The molecule has 0 saturated heterocycles. The average molecular weight is 245 g/mol. The summed E-state index contributed by atoms with van der Waals surface area (Å²) in [5, 5.41) is 20.3. The lowest BCUT2D eigenvalue weighted by Crippen LogP contribution is -2.05. The van der Waals surface area contributed by atoms with E-state index in [4.69, 9.17) is 10.2 Å². The number of carbonyl (C=O) groups is 1. The highest BCUT2D eigenvalue weighted by Gasteiger charge is 1.98. The fraction of sp³-hybridized carbons (Fsp3) is 0.0714. The molecule has 0 heterocycles. The van der Waals surface area contributed by atoms with Gasteiger partial charge in [-0.1, -0.05) is 30.3 Å². The van der Waals surface area contributed by atoms with Gasteiger partial charge in [0.2, 0.25) is 5.91 Å². The molecular weight excluding hydrogens is 230 g/mol. The van der Waals surface area contributed by atoms with Crippen molar-refractivity contribution in [2.45, 2.75) is 6.92 Å². The third kappa shape index (κ3) is 5.03.